The highest BCUT2D eigenvalue weighted by Crippen LogP contribution is 2.58. The molecule has 62 heavy (non-hydrogen) atoms. The average molecular weight is 802 g/mol. The molecule has 1 N–H and O–H groups in total. The summed E-state index contributed by atoms with van der Waals surface area (Å²) in [6.45, 7) is 4.75. The van der Waals surface area contributed by atoms with Crippen LogP contribution < -0.4 is 15.1 Å². The zero-order valence-electron chi connectivity index (χ0n) is 35.4. The lowest BCUT2D eigenvalue weighted by Crippen LogP contribution is -2.30. The molecule has 10 rings (SSSR count). The van der Waals surface area contributed by atoms with Crippen LogP contribution in [0.2, 0.25) is 0 Å². The van der Waals surface area contributed by atoms with Crippen molar-refractivity contribution >= 4 is 45.5 Å². The fourth-order valence-electron chi connectivity index (χ4n) is 10.2. The van der Waals surface area contributed by atoms with E-state index in [9.17, 15) is 0 Å². The van der Waals surface area contributed by atoms with Crippen molar-refractivity contribution in [1.82, 2.24) is 0 Å². The third kappa shape index (κ3) is 7.20. The molecule has 8 aromatic carbocycles. The summed E-state index contributed by atoms with van der Waals surface area (Å²) in [5.41, 5.74) is 16.4. The van der Waals surface area contributed by atoms with Gasteiger partial charge in [0.25, 0.3) is 0 Å². The highest BCUT2D eigenvalue weighted by atomic mass is 15.2. The SMILES string of the molecule is CCC1(CC)c2cc(Nc3cccc(-c4cc(N(c5ccccc5)c5ccccc5)cc(N(c5ccccc5)c5ccccc5)c4)c3)c(-c3ccccc3)cc2C2C=CC=C[C@H]21. The maximum atomic E-state index is 4.00. The second kappa shape index (κ2) is 17.0. The van der Waals surface area contributed by atoms with Crippen LogP contribution in [-0.4, -0.2) is 0 Å². The van der Waals surface area contributed by atoms with Crippen molar-refractivity contribution in [3.8, 4) is 22.3 Å². The molecule has 1 unspecified atom stereocenters. The van der Waals surface area contributed by atoms with Crippen LogP contribution in [0.15, 0.2) is 231 Å². The second-order valence-electron chi connectivity index (χ2n) is 16.5. The lowest BCUT2D eigenvalue weighted by molar-refractivity contribution is 0.305. The molecule has 2 aliphatic carbocycles. The molecule has 0 saturated heterocycles. The van der Waals surface area contributed by atoms with E-state index >= 15 is 0 Å². The van der Waals surface area contributed by atoms with Gasteiger partial charge >= 0.3 is 0 Å². The van der Waals surface area contributed by atoms with Gasteiger partial charge in [-0.2, -0.15) is 0 Å². The van der Waals surface area contributed by atoms with E-state index in [1.165, 1.54) is 22.3 Å². The van der Waals surface area contributed by atoms with Crippen molar-refractivity contribution < 1.29 is 0 Å². The fourth-order valence-corrected chi connectivity index (χ4v) is 10.2. The largest absolute Gasteiger partial charge is 0.355 e. The summed E-state index contributed by atoms with van der Waals surface area (Å²) in [4.78, 5) is 4.71. The maximum Gasteiger partial charge on any atom is 0.0488 e. The van der Waals surface area contributed by atoms with Crippen LogP contribution in [0.3, 0.4) is 0 Å². The fraction of sp³-hybridized carbons (Fsp3) is 0.119. The first kappa shape index (κ1) is 38.8. The lowest BCUT2D eigenvalue weighted by Gasteiger charge is -2.35. The van der Waals surface area contributed by atoms with Crippen LogP contribution in [0.4, 0.5) is 45.5 Å². The number of nitrogens with one attached hydrogen (secondary N) is 1. The Morgan fingerprint density at radius 2 is 0.919 bits per heavy atom. The molecular weight excluding hydrogens is 751 g/mol. The number of rotatable bonds is 12. The molecule has 0 aromatic heterocycles. The van der Waals surface area contributed by atoms with E-state index in [1.54, 1.807) is 0 Å². The molecular formula is C59H51N3. The number of hydrogen-bond acceptors (Lipinski definition) is 3. The zero-order valence-corrected chi connectivity index (χ0v) is 35.4. The van der Waals surface area contributed by atoms with Crippen molar-refractivity contribution in [1.29, 1.82) is 0 Å². The Hall–Kier alpha value is -7.36. The van der Waals surface area contributed by atoms with Crippen LogP contribution in [0.5, 0.6) is 0 Å². The second-order valence-corrected chi connectivity index (χ2v) is 16.5. The maximum absolute atomic E-state index is 4.00. The van der Waals surface area contributed by atoms with Crippen LogP contribution in [0.1, 0.15) is 43.7 Å². The molecule has 302 valence electrons. The van der Waals surface area contributed by atoms with Gasteiger partial charge in [-0.05, 0) is 138 Å². The van der Waals surface area contributed by atoms with Crippen LogP contribution >= 0.6 is 0 Å². The summed E-state index contributed by atoms with van der Waals surface area (Å²) in [6, 6.07) is 74.5. The van der Waals surface area contributed by atoms with Crippen LogP contribution in [-0.2, 0) is 5.41 Å². The van der Waals surface area contributed by atoms with Crippen molar-refractivity contribution in [2.75, 3.05) is 15.1 Å². The first-order chi connectivity index (χ1) is 30.6. The normalized spacial score (nSPS) is 15.7. The topological polar surface area (TPSA) is 18.5 Å². The van der Waals surface area contributed by atoms with E-state index < -0.39 is 0 Å². The van der Waals surface area contributed by atoms with Gasteiger partial charge in [0.05, 0.1) is 0 Å². The van der Waals surface area contributed by atoms with E-state index in [0.717, 1.165) is 69.5 Å². The summed E-state index contributed by atoms with van der Waals surface area (Å²) in [5.74, 6) is 0.840. The Bertz CT molecular complexity index is 2670. The molecule has 2 aliphatic rings. The molecule has 0 heterocycles. The minimum atomic E-state index is 0.0817. The monoisotopic (exact) mass is 801 g/mol. The average Bonchev–Trinajstić information content (AvgIpc) is 3.62. The highest BCUT2D eigenvalue weighted by Gasteiger charge is 2.48. The molecule has 0 bridgehead atoms. The van der Waals surface area contributed by atoms with E-state index in [0.29, 0.717) is 11.8 Å². The van der Waals surface area contributed by atoms with Gasteiger partial charge in [-0.25, -0.2) is 0 Å². The number of hydrogen-bond donors (Lipinski definition) is 1. The van der Waals surface area contributed by atoms with E-state index in [2.05, 4.69) is 260 Å². The van der Waals surface area contributed by atoms with Gasteiger partial charge in [0, 0.05) is 62.4 Å². The number of nitrogens with zero attached hydrogens (tertiary/aromatic N) is 2. The number of para-hydroxylation sites is 4. The quantitative estimate of drug-likeness (QED) is 0.133. The summed E-state index contributed by atoms with van der Waals surface area (Å²) in [7, 11) is 0. The summed E-state index contributed by atoms with van der Waals surface area (Å²) in [5, 5.41) is 4.00. The predicted octanol–water partition coefficient (Wildman–Crippen LogP) is 16.6. The summed E-state index contributed by atoms with van der Waals surface area (Å²) >= 11 is 0. The Morgan fingerprint density at radius 3 is 1.44 bits per heavy atom. The predicted molar refractivity (Wildman–Crippen MR) is 263 cm³/mol. The van der Waals surface area contributed by atoms with Gasteiger partial charge in [-0.3, -0.25) is 0 Å². The van der Waals surface area contributed by atoms with E-state index in [4.69, 9.17) is 0 Å². The Kier molecular flexibility index (Phi) is 10.6. The van der Waals surface area contributed by atoms with Gasteiger partial charge in [0.1, 0.15) is 0 Å². The molecule has 0 aliphatic heterocycles. The molecule has 3 nitrogen and oxygen atoms in total. The molecule has 0 radical (unpaired) electrons. The van der Waals surface area contributed by atoms with Crippen molar-refractivity contribution in [3.63, 3.8) is 0 Å². The van der Waals surface area contributed by atoms with Crippen LogP contribution in [0.25, 0.3) is 22.3 Å². The number of anilines is 8. The van der Waals surface area contributed by atoms with E-state index in [-0.39, 0.29) is 5.41 Å². The molecule has 0 spiro atoms. The molecule has 8 aromatic rings. The minimum Gasteiger partial charge on any atom is -0.355 e. The summed E-state index contributed by atoms with van der Waals surface area (Å²) < 4.78 is 0. The molecule has 0 amide bonds. The van der Waals surface area contributed by atoms with Crippen LogP contribution in [0, 0.1) is 5.92 Å². The standard InChI is InChI=1S/C59H51N3/c1-3-59(4-2)56-36-21-20-35-53(56)55-41-54(43-23-10-5-11-24-43)58(42-57(55)59)60-46-26-22-25-44(37-46)45-38-51(61(47-27-12-6-13-28-47)48-29-14-7-15-30-48)40-52(39-45)62(49-31-16-8-17-32-49)50-33-18-9-19-34-50/h5-42,53,56,60H,3-4H2,1-2H3/t53?,56-/m1/s1. The lowest BCUT2D eigenvalue weighted by atomic mass is 9.68. The number of fused-ring (bicyclic) bond motifs is 3. The smallest absolute Gasteiger partial charge is 0.0488 e. The van der Waals surface area contributed by atoms with E-state index in [1.807, 2.05) is 0 Å². The van der Waals surface area contributed by atoms with Gasteiger partial charge in [0.2, 0.25) is 0 Å². The van der Waals surface area contributed by atoms with Gasteiger partial charge < -0.3 is 15.1 Å². The minimum absolute atomic E-state index is 0.0817. The third-order valence-electron chi connectivity index (χ3n) is 13.2. The molecule has 3 heteroatoms. The zero-order chi connectivity index (χ0) is 41.9. The molecule has 0 fully saturated rings. The molecule has 0 saturated carbocycles. The first-order valence-electron chi connectivity index (χ1n) is 22.1. The third-order valence-corrected chi connectivity index (χ3v) is 13.2. The summed E-state index contributed by atoms with van der Waals surface area (Å²) in [6.07, 6.45) is 11.6. The highest BCUT2D eigenvalue weighted by molar-refractivity contribution is 5.89. The van der Waals surface area contributed by atoms with Crippen molar-refractivity contribution in [2.45, 2.75) is 38.0 Å². The number of benzene rings is 8. The first-order valence-corrected chi connectivity index (χ1v) is 22.1. The number of allylic oxidation sites excluding steroid dienone is 4. The van der Waals surface area contributed by atoms with Gasteiger partial charge in [0.15, 0.2) is 0 Å². The Morgan fingerprint density at radius 1 is 0.435 bits per heavy atom. The Labute approximate surface area is 367 Å². The van der Waals surface area contributed by atoms with Crippen molar-refractivity contribution in [3.05, 3.63) is 242 Å². The van der Waals surface area contributed by atoms with Crippen molar-refractivity contribution in [2.24, 2.45) is 5.92 Å². The van der Waals surface area contributed by atoms with Gasteiger partial charge in [-0.15, -0.1) is 0 Å². The van der Waals surface area contributed by atoms with Gasteiger partial charge in [-0.1, -0.05) is 153 Å². The molecule has 2 atom stereocenters. The Balaban J connectivity index is 1.14.